The Balaban J connectivity index is 2.13. The van der Waals surface area contributed by atoms with Crippen LogP contribution in [-0.2, 0) is 12.7 Å². The molecule has 0 amide bonds. The van der Waals surface area contributed by atoms with Gasteiger partial charge in [-0.2, -0.15) is 13.2 Å². The van der Waals surface area contributed by atoms with E-state index in [9.17, 15) is 13.2 Å². The molecule has 0 aromatic heterocycles. The van der Waals surface area contributed by atoms with Crippen LogP contribution in [0.15, 0.2) is 46.9 Å². The summed E-state index contributed by atoms with van der Waals surface area (Å²) in [6, 6.07) is 10.8. The predicted octanol–water partition coefficient (Wildman–Crippen LogP) is 4.66. The highest BCUT2D eigenvalue weighted by atomic mass is 79.9. The van der Waals surface area contributed by atoms with Crippen molar-refractivity contribution >= 4 is 27.3 Å². The third-order valence-electron chi connectivity index (χ3n) is 2.82. The van der Waals surface area contributed by atoms with Crippen molar-refractivity contribution in [1.82, 2.24) is 0 Å². The van der Waals surface area contributed by atoms with E-state index >= 15 is 0 Å². The maximum atomic E-state index is 12.5. The predicted molar refractivity (Wildman–Crippen MR) is 77.3 cm³/mol. The number of alkyl halides is 3. The number of rotatable bonds is 3. The number of hydrogen-bond donors (Lipinski definition) is 2. The first-order valence-corrected chi connectivity index (χ1v) is 6.61. The van der Waals surface area contributed by atoms with Gasteiger partial charge < -0.3 is 11.1 Å². The molecule has 0 radical (unpaired) electrons. The molecule has 2 nitrogen and oxygen atoms in total. The third-order valence-corrected chi connectivity index (χ3v) is 3.48. The molecule has 0 spiro atoms. The molecule has 6 heteroatoms. The summed E-state index contributed by atoms with van der Waals surface area (Å²) in [4.78, 5) is 0. The minimum Gasteiger partial charge on any atom is -0.398 e. The summed E-state index contributed by atoms with van der Waals surface area (Å²) in [6.45, 7) is 0.441. The zero-order valence-electron chi connectivity index (χ0n) is 10.3. The zero-order valence-corrected chi connectivity index (χ0v) is 11.9. The average molecular weight is 345 g/mol. The topological polar surface area (TPSA) is 38.0 Å². The van der Waals surface area contributed by atoms with Crippen molar-refractivity contribution in [3.8, 4) is 0 Å². The van der Waals surface area contributed by atoms with E-state index in [1.165, 1.54) is 6.07 Å². The van der Waals surface area contributed by atoms with Crippen molar-refractivity contribution in [3.05, 3.63) is 58.1 Å². The lowest BCUT2D eigenvalue weighted by molar-refractivity contribution is -0.137. The fraction of sp³-hybridized carbons (Fsp3) is 0.143. The van der Waals surface area contributed by atoms with Crippen LogP contribution in [0.3, 0.4) is 0 Å². The first kappa shape index (κ1) is 14.7. The summed E-state index contributed by atoms with van der Waals surface area (Å²) in [5.41, 5.74) is 7.23. The molecule has 2 rings (SSSR count). The number of anilines is 2. The number of benzene rings is 2. The molecule has 0 fully saturated rings. The average Bonchev–Trinajstić information content (AvgIpc) is 2.38. The largest absolute Gasteiger partial charge is 0.416 e. The zero-order chi connectivity index (χ0) is 14.8. The van der Waals surface area contributed by atoms with Crippen molar-refractivity contribution in [3.63, 3.8) is 0 Å². The second-order valence-corrected chi connectivity index (χ2v) is 5.10. The van der Waals surface area contributed by atoms with E-state index in [4.69, 9.17) is 5.73 Å². The molecule has 20 heavy (non-hydrogen) atoms. The lowest BCUT2D eigenvalue weighted by Gasteiger charge is -2.13. The van der Waals surface area contributed by atoms with E-state index in [2.05, 4.69) is 21.2 Å². The van der Waals surface area contributed by atoms with Crippen LogP contribution in [0.5, 0.6) is 0 Å². The van der Waals surface area contributed by atoms with Gasteiger partial charge in [-0.15, -0.1) is 0 Å². The maximum Gasteiger partial charge on any atom is 0.416 e. The normalized spacial score (nSPS) is 11.4. The van der Waals surface area contributed by atoms with Gasteiger partial charge in [0.25, 0.3) is 0 Å². The Morgan fingerprint density at radius 1 is 1.10 bits per heavy atom. The van der Waals surface area contributed by atoms with E-state index in [-0.39, 0.29) is 0 Å². The smallest absolute Gasteiger partial charge is 0.398 e. The van der Waals surface area contributed by atoms with Gasteiger partial charge in [0.1, 0.15) is 0 Å². The molecule has 0 heterocycles. The summed E-state index contributed by atoms with van der Waals surface area (Å²) in [5.74, 6) is 0. The highest BCUT2D eigenvalue weighted by Gasteiger charge is 2.30. The molecule has 0 aliphatic rings. The van der Waals surface area contributed by atoms with Gasteiger partial charge in [-0.05, 0) is 45.8 Å². The van der Waals surface area contributed by atoms with Crippen molar-refractivity contribution < 1.29 is 13.2 Å². The maximum absolute atomic E-state index is 12.5. The lowest BCUT2D eigenvalue weighted by atomic mass is 10.1. The van der Waals surface area contributed by atoms with Crippen LogP contribution in [-0.4, -0.2) is 0 Å². The van der Waals surface area contributed by atoms with Gasteiger partial charge in [-0.1, -0.05) is 18.2 Å². The fourth-order valence-corrected chi connectivity index (χ4v) is 2.24. The Kier molecular flexibility index (Phi) is 4.23. The molecule has 0 unspecified atom stereocenters. The second-order valence-electron chi connectivity index (χ2n) is 4.24. The van der Waals surface area contributed by atoms with Crippen molar-refractivity contribution in [2.24, 2.45) is 0 Å². The van der Waals surface area contributed by atoms with Crippen LogP contribution >= 0.6 is 15.9 Å². The van der Waals surface area contributed by atoms with Crippen molar-refractivity contribution in [2.75, 3.05) is 11.1 Å². The van der Waals surface area contributed by atoms with Gasteiger partial charge in [0.15, 0.2) is 0 Å². The van der Waals surface area contributed by atoms with E-state index in [0.717, 1.165) is 17.7 Å². The molecule has 0 aliphatic heterocycles. The Hall–Kier alpha value is -1.69. The van der Waals surface area contributed by atoms with Gasteiger partial charge in [0.2, 0.25) is 0 Å². The van der Waals surface area contributed by atoms with Crippen LogP contribution < -0.4 is 11.1 Å². The molecule has 0 aliphatic carbocycles. The van der Waals surface area contributed by atoms with E-state index in [1.54, 1.807) is 6.07 Å². The van der Waals surface area contributed by atoms with Crippen LogP contribution in [0.25, 0.3) is 0 Å². The van der Waals surface area contributed by atoms with E-state index in [1.807, 2.05) is 18.2 Å². The van der Waals surface area contributed by atoms with Crippen LogP contribution in [0.2, 0.25) is 0 Å². The number of para-hydroxylation sites is 1. The number of halogens is 4. The van der Waals surface area contributed by atoms with Gasteiger partial charge >= 0.3 is 6.18 Å². The highest BCUT2D eigenvalue weighted by Crippen LogP contribution is 2.34. The molecule has 2 aromatic carbocycles. The molecule has 0 saturated carbocycles. The van der Waals surface area contributed by atoms with Gasteiger partial charge in [-0.3, -0.25) is 0 Å². The van der Waals surface area contributed by atoms with Crippen LogP contribution in [0, 0.1) is 0 Å². The fourth-order valence-electron chi connectivity index (χ4n) is 1.72. The number of nitrogen functional groups attached to an aromatic ring is 1. The Morgan fingerprint density at radius 3 is 2.40 bits per heavy atom. The molecular weight excluding hydrogens is 333 g/mol. The van der Waals surface area contributed by atoms with Gasteiger partial charge in [0, 0.05) is 22.4 Å². The van der Waals surface area contributed by atoms with E-state index in [0.29, 0.717) is 22.4 Å². The Labute approximate surface area is 122 Å². The van der Waals surface area contributed by atoms with Crippen molar-refractivity contribution in [1.29, 1.82) is 0 Å². The quantitative estimate of drug-likeness (QED) is 0.794. The first-order chi connectivity index (χ1) is 9.38. The minimum absolute atomic E-state index is 0.363. The lowest BCUT2D eigenvalue weighted by Crippen LogP contribution is -2.07. The van der Waals surface area contributed by atoms with Crippen molar-refractivity contribution in [2.45, 2.75) is 12.7 Å². The summed E-state index contributed by atoms with van der Waals surface area (Å²) >= 11 is 3.14. The van der Waals surface area contributed by atoms with Crippen LogP contribution in [0.1, 0.15) is 11.1 Å². The second kappa shape index (κ2) is 5.75. The van der Waals surface area contributed by atoms with Gasteiger partial charge in [0.05, 0.1) is 5.56 Å². The van der Waals surface area contributed by atoms with Crippen LogP contribution in [0.4, 0.5) is 24.5 Å². The SMILES string of the molecule is Nc1ccccc1CNc1ccc(C(F)(F)F)cc1Br. The standard InChI is InChI=1S/C14H12BrF3N2/c15-11-7-10(14(16,17)18)5-6-13(11)20-8-9-3-1-2-4-12(9)19/h1-7,20H,8,19H2. The third kappa shape index (κ3) is 3.45. The van der Waals surface area contributed by atoms with Gasteiger partial charge in [-0.25, -0.2) is 0 Å². The molecule has 2 aromatic rings. The highest BCUT2D eigenvalue weighted by molar-refractivity contribution is 9.10. The number of hydrogen-bond acceptors (Lipinski definition) is 2. The minimum atomic E-state index is -4.34. The molecule has 106 valence electrons. The summed E-state index contributed by atoms with van der Waals surface area (Å²) in [5, 5.41) is 3.05. The van der Waals surface area contributed by atoms with E-state index < -0.39 is 11.7 Å². The number of nitrogens with one attached hydrogen (secondary N) is 1. The summed E-state index contributed by atoms with van der Waals surface area (Å²) in [6.07, 6.45) is -4.34. The Morgan fingerprint density at radius 2 is 1.80 bits per heavy atom. The molecular formula is C14H12BrF3N2. The first-order valence-electron chi connectivity index (χ1n) is 5.82. The summed E-state index contributed by atoms with van der Waals surface area (Å²) in [7, 11) is 0. The molecule has 0 saturated heterocycles. The summed E-state index contributed by atoms with van der Waals surface area (Å²) < 4.78 is 38.0. The Bertz CT molecular complexity index is 612. The number of nitrogens with two attached hydrogens (primary N) is 1. The molecule has 0 atom stereocenters. The molecule has 3 N–H and O–H groups in total. The molecule has 0 bridgehead atoms. The monoisotopic (exact) mass is 344 g/mol.